The van der Waals surface area contributed by atoms with Gasteiger partial charge in [0.1, 0.15) is 13.2 Å². The van der Waals surface area contributed by atoms with Crippen molar-refractivity contribution < 1.29 is 33.4 Å². The molecule has 1 aliphatic rings. The molecule has 0 aromatic heterocycles. The summed E-state index contributed by atoms with van der Waals surface area (Å²) >= 11 is 13.6. The Morgan fingerprint density at radius 3 is 2.46 bits per heavy atom. The van der Waals surface area contributed by atoms with Crippen molar-refractivity contribution in [2.45, 2.75) is 6.61 Å². The summed E-state index contributed by atoms with van der Waals surface area (Å²) in [5.41, 5.74) is 1.86. The van der Waals surface area contributed by atoms with E-state index >= 15 is 0 Å². The van der Waals surface area contributed by atoms with E-state index in [1.165, 1.54) is 38.5 Å². The number of imide groups is 1. The molecule has 1 saturated heterocycles. The molecular formula is C28H21Br2ClN2O7S. The number of anilines is 1. The number of halogens is 3. The molecule has 0 aliphatic carbocycles. The van der Waals surface area contributed by atoms with E-state index in [-0.39, 0.29) is 21.2 Å². The number of esters is 1. The van der Waals surface area contributed by atoms with Gasteiger partial charge in [-0.05, 0) is 87.4 Å². The molecule has 0 spiro atoms. The standard InChI is InChI=1S/C28H21Br2ClN2O7S/c1-38-22-10-16(9-20(30)25(22)40-14-15-3-5-17(29)6-4-15)11-23-26(35)33(28(37)41-23)13-24(34)32-18-7-8-21(31)19(12-18)27(36)39-2/h3-12H,13-14H2,1-2H3,(H,32,34)/b23-11+. The van der Waals surface area contributed by atoms with Crippen LogP contribution in [0.4, 0.5) is 10.5 Å². The van der Waals surface area contributed by atoms with Crippen LogP contribution in [0.3, 0.4) is 0 Å². The van der Waals surface area contributed by atoms with Crippen LogP contribution in [-0.4, -0.2) is 48.7 Å². The smallest absolute Gasteiger partial charge is 0.339 e. The summed E-state index contributed by atoms with van der Waals surface area (Å²) in [5, 5.41) is 2.11. The predicted molar refractivity (Wildman–Crippen MR) is 163 cm³/mol. The molecule has 3 amide bonds. The van der Waals surface area contributed by atoms with Crippen LogP contribution in [-0.2, 0) is 20.9 Å². The first-order valence-electron chi connectivity index (χ1n) is 11.8. The molecule has 4 rings (SSSR count). The fourth-order valence-electron chi connectivity index (χ4n) is 3.70. The van der Waals surface area contributed by atoms with Gasteiger partial charge in [-0.3, -0.25) is 19.3 Å². The van der Waals surface area contributed by atoms with E-state index in [2.05, 4.69) is 41.9 Å². The highest BCUT2D eigenvalue weighted by molar-refractivity contribution is 9.10. The largest absolute Gasteiger partial charge is 0.493 e. The van der Waals surface area contributed by atoms with E-state index in [0.29, 0.717) is 28.1 Å². The molecule has 0 unspecified atom stereocenters. The second-order valence-corrected chi connectivity index (χ2v) is 11.6. The van der Waals surface area contributed by atoms with Crippen LogP contribution in [0.15, 0.2) is 68.4 Å². The number of ether oxygens (including phenoxy) is 3. The Morgan fingerprint density at radius 2 is 1.78 bits per heavy atom. The lowest BCUT2D eigenvalue weighted by Gasteiger charge is -2.14. The first-order valence-corrected chi connectivity index (χ1v) is 14.6. The van der Waals surface area contributed by atoms with Crippen LogP contribution >= 0.6 is 55.2 Å². The SMILES string of the molecule is COC(=O)c1cc(NC(=O)CN2C(=O)S/C(=C/c3cc(Br)c(OCc4ccc(Br)cc4)c(OC)c3)C2=O)ccc1Cl. The minimum atomic E-state index is -0.672. The average molecular weight is 725 g/mol. The number of hydrogen-bond acceptors (Lipinski definition) is 8. The molecule has 0 radical (unpaired) electrons. The monoisotopic (exact) mass is 722 g/mol. The summed E-state index contributed by atoms with van der Waals surface area (Å²) in [7, 11) is 2.71. The van der Waals surface area contributed by atoms with Crippen molar-refractivity contribution in [2.24, 2.45) is 0 Å². The van der Waals surface area contributed by atoms with Crippen molar-refractivity contribution in [1.29, 1.82) is 0 Å². The maximum Gasteiger partial charge on any atom is 0.339 e. The van der Waals surface area contributed by atoms with Crippen LogP contribution < -0.4 is 14.8 Å². The second-order valence-electron chi connectivity index (χ2n) is 8.45. The quantitative estimate of drug-likeness (QED) is 0.187. The van der Waals surface area contributed by atoms with Crippen molar-refractivity contribution in [3.05, 3.63) is 90.2 Å². The topological polar surface area (TPSA) is 111 Å². The summed E-state index contributed by atoms with van der Waals surface area (Å²) in [6, 6.07) is 15.4. The van der Waals surface area contributed by atoms with Crippen LogP contribution in [0.25, 0.3) is 6.08 Å². The van der Waals surface area contributed by atoms with Crippen molar-refractivity contribution >= 4 is 90.0 Å². The highest BCUT2D eigenvalue weighted by Gasteiger charge is 2.36. The van der Waals surface area contributed by atoms with E-state index in [1.807, 2.05) is 24.3 Å². The molecule has 1 aliphatic heterocycles. The molecule has 3 aromatic rings. The van der Waals surface area contributed by atoms with Crippen molar-refractivity contribution in [3.63, 3.8) is 0 Å². The van der Waals surface area contributed by atoms with Crippen LogP contribution in [0.2, 0.25) is 5.02 Å². The summed E-state index contributed by atoms with van der Waals surface area (Å²) in [5.74, 6) is -1.02. The Bertz CT molecular complexity index is 1560. The van der Waals surface area contributed by atoms with E-state index in [0.717, 1.165) is 26.7 Å². The van der Waals surface area contributed by atoms with Gasteiger partial charge >= 0.3 is 5.97 Å². The van der Waals surface area contributed by atoms with Gasteiger partial charge in [0.25, 0.3) is 11.1 Å². The molecular weight excluding hydrogens is 704 g/mol. The first-order chi connectivity index (χ1) is 19.6. The minimum Gasteiger partial charge on any atom is -0.493 e. The third-order valence-electron chi connectivity index (χ3n) is 5.68. The van der Waals surface area contributed by atoms with E-state index in [4.69, 9.17) is 21.1 Å². The van der Waals surface area contributed by atoms with Crippen molar-refractivity contribution in [3.8, 4) is 11.5 Å². The fourth-order valence-corrected chi connectivity index (χ4v) is 5.57. The number of amides is 3. The molecule has 13 heteroatoms. The van der Waals surface area contributed by atoms with Gasteiger partial charge in [0.15, 0.2) is 11.5 Å². The maximum atomic E-state index is 13.0. The lowest BCUT2D eigenvalue weighted by atomic mass is 10.1. The Balaban J connectivity index is 1.45. The van der Waals surface area contributed by atoms with Gasteiger partial charge in [-0.2, -0.15) is 0 Å². The number of nitrogens with one attached hydrogen (secondary N) is 1. The third kappa shape index (κ3) is 7.50. The van der Waals surface area contributed by atoms with Crippen LogP contribution in [0.5, 0.6) is 11.5 Å². The number of nitrogens with zero attached hydrogens (tertiary/aromatic N) is 1. The Morgan fingerprint density at radius 1 is 1.05 bits per heavy atom. The number of carbonyl (C=O) groups excluding carboxylic acids is 4. The Labute approximate surface area is 261 Å². The zero-order chi connectivity index (χ0) is 29.7. The van der Waals surface area contributed by atoms with Gasteiger partial charge in [0, 0.05) is 10.2 Å². The zero-order valence-electron chi connectivity index (χ0n) is 21.5. The summed E-state index contributed by atoms with van der Waals surface area (Å²) in [4.78, 5) is 51.1. The lowest BCUT2D eigenvalue weighted by Crippen LogP contribution is -2.36. The highest BCUT2D eigenvalue weighted by Crippen LogP contribution is 2.39. The maximum absolute atomic E-state index is 13.0. The van der Waals surface area contributed by atoms with E-state index in [9.17, 15) is 19.2 Å². The number of methoxy groups -OCH3 is 2. The number of carbonyl (C=O) groups is 4. The van der Waals surface area contributed by atoms with Crippen LogP contribution in [0.1, 0.15) is 21.5 Å². The minimum absolute atomic E-state index is 0.0624. The molecule has 9 nitrogen and oxygen atoms in total. The van der Waals surface area contributed by atoms with Gasteiger partial charge in [-0.25, -0.2) is 4.79 Å². The highest BCUT2D eigenvalue weighted by atomic mass is 79.9. The van der Waals surface area contributed by atoms with Crippen LogP contribution in [0, 0.1) is 0 Å². The fraction of sp³-hybridized carbons (Fsp3) is 0.143. The molecule has 0 saturated carbocycles. The molecule has 3 aromatic carbocycles. The molecule has 1 heterocycles. The Kier molecular flexibility index (Phi) is 10.1. The lowest BCUT2D eigenvalue weighted by molar-refractivity contribution is -0.127. The first kappa shape index (κ1) is 30.6. The van der Waals surface area contributed by atoms with Gasteiger partial charge < -0.3 is 19.5 Å². The second kappa shape index (κ2) is 13.6. The van der Waals surface area contributed by atoms with Gasteiger partial charge in [-0.1, -0.05) is 39.7 Å². The van der Waals surface area contributed by atoms with Crippen molar-refractivity contribution in [2.75, 3.05) is 26.1 Å². The molecule has 0 bridgehead atoms. The predicted octanol–water partition coefficient (Wildman–Crippen LogP) is 6.91. The molecule has 212 valence electrons. The van der Waals surface area contributed by atoms with Gasteiger partial charge in [-0.15, -0.1) is 0 Å². The molecule has 41 heavy (non-hydrogen) atoms. The van der Waals surface area contributed by atoms with Crippen molar-refractivity contribution in [1.82, 2.24) is 4.90 Å². The number of hydrogen-bond donors (Lipinski definition) is 1. The third-order valence-corrected chi connectivity index (χ3v) is 8.03. The molecule has 1 fully saturated rings. The number of rotatable bonds is 9. The summed E-state index contributed by atoms with van der Waals surface area (Å²) in [6.07, 6.45) is 1.54. The van der Waals surface area contributed by atoms with E-state index < -0.39 is 29.6 Å². The normalized spacial score (nSPS) is 13.9. The van der Waals surface area contributed by atoms with E-state index in [1.54, 1.807) is 12.1 Å². The van der Waals surface area contributed by atoms with Gasteiger partial charge in [0.2, 0.25) is 5.91 Å². The average Bonchev–Trinajstić information content (AvgIpc) is 3.20. The number of benzene rings is 3. The Hall–Kier alpha value is -3.32. The van der Waals surface area contributed by atoms with Gasteiger partial charge in [0.05, 0.1) is 34.2 Å². The molecule has 0 atom stereocenters. The zero-order valence-corrected chi connectivity index (χ0v) is 26.3. The summed E-state index contributed by atoms with van der Waals surface area (Å²) in [6.45, 7) is -0.212. The summed E-state index contributed by atoms with van der Waals surface area (Å²) < 4.78 is 17.7. The molecule has 1 N–H and O–H groups in total. The number of thioether (sulfide) groups is 1.